The van der Waals surface area contributed by atoms with Crippen molar-refractivity contribution in [2.45, 2.75) is 0 Å². The first-order valence-electron chi connectivity index (χ1n) is 5.29. The normalized spacial score (nSPS) is 10.4. The van der Waals surface area contributed by atoms with Crippen LogP contribution in [-0.4, -0.2) is 17.0 Å². The number of benzene rings is 1. The highest BCUT2D eigenvalue weighted by Gasteiger charge is 2.08. The summed E-state index contributed by atoms with van der Waals surface area (Å²) in [6, 6.07) is 6.10. The summed E-state index contributed by atoms with van der Waals surface area (Å²) in [6.45, 7) is -0.106. The minimum atomic E-state index is -0.417. The molecular weight excluding hydrogens is 301 g/mol. The molecule has 0 aliphatic heterocycles. The van der Waals surface area contributed by atoms with Crippen LogP contribution < -0.4 is 4.74 Å². The second kappa shape index (κ2) is 5.35. The van der Waals surface area contributed by atoms with Gasteiger partial charge >= 0.3 is 0 Å². The SMILES string of the molecule is Cn1ccc(C(=O)COc2ccc(Br)c(F)c2)c1. The molecule has 94 valence electrons. The Morgan fingerprint density at radius 3 is 2.83 bits per heavy atom. The predicted molar refractivity (Wildman–Crippen MR) is 69.3 cm³/mol. The molecule has 5 heteroatoms. The van der Waals surface area contributed by atoms with Crippen molar-refractivity contribution in [3.8, 4) is 5.75 Å². The second-order valence-corrected chi connectivity index (χ2v) is 4.71. The zero-order valence-corrected chi connectivity index (χ0v) is 11.3. The molecule has 0 fully saturated rings. The first-order valence-corrected chi connectivity index (χ1v) is 6.08. The summed E-state index contributed by atoms with van der Waals surface area (Å²) in [6.07, 6.45) is 3.50. The standard InChI is InChI=1S/C13H11BrFNO2/c1-16-5-4-9(7-16)13(17)8-18-10-2-3-11(14)12(15)6-10/h2-7H,8H2,1H3. The molecule has 2 rings (SSSR count). The first kappa shape index (κ1) is 12.8. The van der Waals surface area contributed by atoms with Crippen molar-refractivity contribution in [2.75, 3.05) is 6.61 Å². The zero-order valence-electron chi connectivity index (χ0n) is 9.69. The minimum Gasteiger partial charge on any atom is -0.485 e. The third kappa shape index (κ3) is 2.98. The summed E-state index contributed by atoms with van der Waals surface area (Å²) < 4.78 is 20.6. The number of carbonyl (C=O) groups excluding carboxylic acids is 1. The van der Waals surface area contributed by atoms with Gasteiger partial charge < -0.3 is 9.30 Å². The van der Waals surface area contributed by atoms with Gasteiger partial charge in [-0.1, -0.05) is 0 Å². The van der Waals surface area contributed by atoms with Gasteiger partial charge in [0.05, 0.1) is 4.47 Å². The number of hydrogen-bond acceptors (Lipinski definition) is 2. The van der Waals surface area contributed by atoms with Crippen LogP contribution in [0.3, 0.4) is 0 Å². The van der Waals surface area contributed by atoms with Crippen LogP contribution in [-0.2, 0) is 7.05 Å². The molecule has 0 aliphatic rings. The van der Waals surface area contributed by atoms with E-state index in [2.05, 4.69) is 15.9 Å². The Morgan fingerprint density at radius 2 is 2.22 bits per heavy atom. The van der Waals surface area contributed by atoms with E-state index in [1.54, 1.807) is 29.1 Å². The maximum absolute atomic E-state index is 13.2. The molecule has 0 spiro atoms. The fourth-order valence-corrected chi connectivity index (χ4v) is 1.71. The predicted octanol–water partition coefficient (Wildman–Crippen LogP) is 3.19. The van der Waals surface area contributed by atoms with E-state index in [9.17, 15) is 9.18 Å². The summed E-state index contributed by atoms with van der Waals surface area (Å²) in [5.74, 6) is -0.224. The van der Waals surface area contributed by atoms with Gasteiger partial charge in [-0.05, 0) is 34.1 Å². The van der Waals surface area contributed by atoms with Crippen LogP contribution in [0.4, 0.5) is 4.39 Å². The average Bonchev–Trinajstić information content (AvgIpc) is 2.77. The minimum absolute atomic E-state index is 0.106. The Hall–Kier alpha value is -1.62. The van der Waals surface area contributed by atoms with Crippen molar-refractivity contribution in [2.24, 2.45) is 7.05 Å². The molecule has 0 radical (unpaired) electrons. The van der Waals surface area contributed by atoms with E-state index in [-0.39, 0.29) is 12.4 Å². The molecule has 0 bridgehead atoms. The van der Waals surface area contributed by atoms with E-state index in [1.807, 2.05) is 7.05 Å². The molecule has 0 aliphatic carbocycles. The zero-order chi connectivity index (χ0) is 13.1. The third-order valence-corrected chi connectivity index (χ3v) is 3.06. The van der Waals surface area contributed by atoms with Gasteiger partial charge in [0.1, 0.15) is 11.6 Å². The first-order chi connectivity index (χ1) is 8.56. The highest BCUT2D eigenvalue weighted by molar-refractivity contribution is 9.10. The Balaban J connectivity index is 1.99. The van der Waals surface area contributed by atoms with Gasteiger partial charge in [0, 0.05) is 31.1 Å². The van der Waals surface area contributed by atoms with E-state index in [1.165, 1.54) is 12.1 Å². The molecule has 0 saturated heterocycles. The molecule has 0 atom stereocenters. The Bertz CT molecular complexity index is 580. The van der Waals surface area contributed by atoms with Gasteiger partial charge in [0.15, 0.2) is 6.61 Å². The molecule has 3 nitrogen and oxygen atoms in total. The summed E-state index contributed by atoms with van der Waals surface area (Å²) >= 11 is 3.05. The Morgan fingerprint density at radius 1 is 1.44 bits per heavy atom. The lowest BCUT2D eigenvalue weighted by Gasteiger charge is -2.05. The number of Topliss-reactive ketones (excluding diaryl/α,β-unsaturated/α-hetero) is 1. The summed E-state index contributed by atoms with van der Waals surface area (Å²) in [4.78, 5) is 11.7. The smallest absolute Gasteiger partial charge is 0.201 e. The van der Waals surface area contributed by atoms with E-state index >= 15 is 0 Å². The topological polar surface area (TPSA) is 31.2 Å². The van der Waals surface area contributed by atoms with Gasteiger partial charge in [-0.25, -0.2) is 4.39 Å². The molecule has 2 aromatic rings. The largest absolute Gasteiger partial charge is 0.485 e. The van der Waals surface area contributed by atoms with Crippen LogP contribution in [0, 0.1) is 5.82 Å². The number of nitrogens with zero attached hydrogens (tertiary/aromatic N) is 1. The molecular formula is C13H11BrFNO2. The van der Waals surface area contributed by atoms with Crippen molar-refractivity contribution >= 4 is 21.7 Å². The van der Waals surface area contributed by atoms with Crippen molar-refractivity contribution in [3.63, 3.8) is 0 Å². The number of aryl methyl sites for hydroxylation is 1. The average molecular weight is 312 g/mol. The highest BCUT2D eigenvalue weighted by atomic mass is 79.9. The molecule has 0 N–H and O–H groups in total. The summed E-state index contributed by atoms with van der Waals surface area (Å²) in [5.41, 5.74) is 0.579. The lowest BCUT2D eigenvalue weighted by molar-refractivity contribution is 0.0921. The Kier molecular flexibility index (Phi) is 3.81. The van der Waals surface area contributed by atoms with E-state index in [0.29, 0.717) is 15.8 Å². The van der Waals surface area contributed by atoms with E-state index < -0.39 is 5.82 Å². The van der Waals surface area contributed by atoms with Crippen LogP contribution in [0.5, 0.6) is 5.75 Å². The molecule has 0 unspecified atom stereocenters. The van der Waals surface area contributed by atoms with Crippen LogP contribution in [0.25, 0.3) is 0 Å². The molecule has 0 amide bonds. The molecule has 1 aromatic heterocycles. The van der Waals surface area contributed by atoms with Crippen molar-refractivity contribution in [1.29, 1.82) is 0 Å². The van der Waals surface area contributed by atoms with Crippen molar-refractivity contribution < 1.29 is 13.9 Å². The quantitative estimate of drug-likeness (QED) is 0.812. The summed E-state index contributed by atoms with van der Waals surface area (Å²) in [7, 11) is 1.84. The maximum Gasteiger partial charge on any atom is 0.201 e. The molecule has 18 heavy (non-hydrogen) atoms. The van der Waals surface area contributed by atoms with Crippen LogP contribution in [0.15, 0.2) is 41.1 Å². The number of ketones is 1. The molecule has 1 aromatic carbocycles. The van der Waals surface area contributed by atoms with Gasteiger partial charge in [0.25, 0.3) is 0 Å². The van der Waals surface area contributed by atoms with Crippen LogP contribution in [0.1, 0.15) is 10.4 Å². The van der Waals surface area contributed by atoms with E-state index in [4.69, 9.17) is 4.74 Å². The van der Waals surface area contributed by atoms with Gasteiger partial charge in [0.2, 0.25) is 5.78 Å². The van der Waals surface area contributed by atoms with Gasteiger partial charge in [-0.15, -0.1) is 0 Å². The monoisotopic (exact) mass is 311 g/mol. The lowest BCUT2D eigenvalue weighted by Crippen LogP contribution is -2.11. The fraction of sp³-hybridized carbons (Fsp3) is 0.154. The number of aromatic nitrogens is 1. The van der Waals surface area contributed by atoms with Gasteiger partial charge in [-0.3, -0.25) is 4.79 Å². The maximum atomic E-state index is 13.2. The molecule has 1 heterocycles. The third-order valence-electron chi connectivity index (χ3n) is 2.41. The van der Waals surface area contributed by atoms with Gasteiger partial charge in [-0.2, -0.15) is 0 Å². The second-order valence-electron chi connectivity index (χ2n) is 3.85. The number of ether oxygens (including phenoxy) is 1. The number of rotatable bonds is 4. The highest BCUT2D eigenvalue weighted by Crippen LogP contribution is 2.21. The Labute approximate surface area is 112 Å². The van der Waals surface area contributed by atoms with Crippen LogP contribution >= 0.6 is 15.9 Å². The number of hydrogen-bond donors (Lipinski definition) is 0. The molecule has 0 saturated carbocycles. The lowest BCUT2D eigenvalue weighted by atomic mass is 10.2. The number of carbonyl (C=O) groups is 1. The van der Waals surface area contributed by atoms with Crippen LogP contribution in [0.2, 0.25) is 0 Å². The van der Waals surface area contributed by atoms with Crippen molar-refractivity contribution in [1.82, 2.24) is 4.57 Å². The fourth-order valence-electron chi connectivity index (χ4n) is 1.47. The summed E-state index contributed by atoms with van der Waals surface area (Å²) in [5, 5.41) is 0. The van der Waals surface area contributed by atoms with E-state index in [0.717, 1.165) is 0 Å². The number of halogens is 2. The van der Waals surface area contributed by atoms with Crippen molar-refractivity contribution in [3.05, 3.63) is 52.5 Å².